The van der Waals surface area contributed by atoms with E-state index in [0.717, 1.165) is 50.7 Å². The summed E-state index contributed by atoms with van der Waals surface area (Å²) >= 11 is 0. The third-order valence-electron chi connectivity index (χ3n) is 8.78. The van der Waals surface area contributed by atoms with Gasteiger partial charge in [-0.1, -0.05) is 18.7 Å². The number of nitrogens with one attached hydrogen (secondary N) is 2. The quantitative estimate of drug-likeness (QED) is 0.152. The Labute approximate surface area is 263 Å². The van der Waals surface area contributed by atoms with Gasteiger partial charge in [-0.2, -0.15) is 18.2 Å². The first kappa shape index (κ1) is 34.7. The van der Waals surface area contributed by atoms with Crippen molar-refractivity contribution in [2.75, 3.05) is 47.1 Å². The van der Waals surface area contributed by atoms with E-state index in [2.05, 4.69) is 22.2 Å². The van der Waals surface area contributed by atoms with Gasteiger partial charge in [-0.25, -0.2) is 0 Å². The Kier molecular flexibility index (Phi) is 12.3. The van der Waals surface area contributed by atoms with Crippen LogP contribution in [0.1, 0.15) is 62.7 Å². The summed E-state index contributed by atoms with van der Waals surface area (Å²) in [4.78, 5) is 19.8. The molecule has 3 aliphatic rings. The molecule has 45 heavy (non-hydrogen) atoms. The van der Waals surface area contributed by atoms with Gasteiger partial charge in [0.25, 0.3) is 11.9 Å². The topological polar surface area (TPSA) is 120 Å². The van der Waals surface area contributed by atoms with Crippen LogP contribution in [-0.2, 0) is 29.9 Å². The van der Waals surface area contributed by atoms with E-state index in [-0.39, 0.29) is 48.0 Å². The lowest BCUT2D eigenvalue weighted by Gasteiger charge is -2.38. The molecule has 0 bridgehead atoms. The number of nitrogens with two attached hydrogens (primary N) is 1. The molecule has 4 N–H and O–H groups in total. The molecule has 13 heteroatoms. The minimum Gasteiger partial charge on any atom is -0.469 e. The number of ether oxygens (including phenoxy) is 4. The number of halogens is 3. The Hall–Kier alpha value is -3.13. The van der Waals surface area contributed by atoms with Gasteiger partial charge in [0, 0.05) is 56.7 Å². The molecule has 1 aromatic carbocycles. The van der Waals surface area contributed by atoms with Crippen LogP contribution in [0.2, 0.25) is 0 Å². The number of methoxy groups -OCH3 is 2. The molecule has 0 aromatic heterocycles. The number of allylic oxidation sites excluding steroid dienone is 1. The Balaban J connectivity index is 1.35. The Morgan fingerprint density at radius 1 is 1.13 bits per heavy atom. The summed E-state index contributed by atoms with van der Waals surface area (Å²) in [6.07, 6.45) is -0.0459. The van der Waals surface area contributed by atoms with Crippen molar-refractivity contribution < 1.29 is 36.9 Å². The molecule has 0 aliphatic carbocycles. The highest BCUT2D eigenvalue weighted by atomic mass is 19.4. The van der Waals surface area contributed by atoms with E-state index < -0.39 is 11.7 Å². The van der Waals surface area contributed by atoms with Crippen LogP contribution in [0.25, 0.3) is 0 Å². The zero-order valence-corrected chi connectivity index (χ0v) is 26.3. The molecule has 3 fully saturated rings. The predicted molar refractivity (Wildman–Crippen MR) is 164 cm³/mol. The van der Waals surface area contributed by atoms with E-state index >= 15 is 0 Å². The van der Waals surface area contributed by atoms with Gasteiger partial charge in [0.2, 0.25) is 0 Å². The lowest BCUT2D eigenvalue weighted by Crippen LogP contribution is -2.54. The molecule has 250 valence electrons. The van der Waals surface area contributed by atoms with Crippen molar-refractivity contribution in [2.24, 2.45) is 10.7 Å². The Morgan fingerprint density at radius 2 is 1.84 bits per heavy atom. The number of hydrogen-bond acceptors (Lipinski definition) is 8. The van der Waals surface area contributed by atoms with E-state index in [9.17, 15) is 18.0 Å². The van der Waals surface area contributed by atoms with Crippen molar-refractivity contribution >= 4 is 11.9 Å². The molecule has 3 saturated heterocycles. The maximum atomic E-state index is 13.7. The second kappa shape index (κ2) is 15.9. The molecule has 4 atom stereocenters. The van der Waals surface area contributed by atoms with Crippen LogP contribution in [0.3, 0.4) is 0 Å². The number of carbonyl (C=O) groups is 1. The van der Waals surface area contributed by atoms with E-state index in [1.807, 2.05) is 0 Å². The van der Waals surface area contributed by atoms with Gasteiger partial charge in [0.1, 0.15) is 5.70 Å². The van der Waals surface area contributed by atoms with E-state index in [1.54, 1.807) is 18.9 Å². The minimum atomic E-state index is -4.38. The van der Waals surface area contributed by atoms with Crippen LogP contribution in [-0.4, -0.2) is 88.2 Å². The lowest BCUT2D eigenvalue weighted by molar-refractivity contribution is -0.137. The first-order chi connectivity index (χ1) is 21.5. The molecule has 1 amide bonds. The number of amides is 1. The standard InChI is InChI=1S/C32H46F3N5O5/c1-20(21(2)37-18-25-6-5-7-27(45-25)22-8-10-23(11-9-22)32(33,34)35)29(39-31(36)43-4)30(41)40-15-12-24(13-16-40)38-26-14-17-44-19-28(26)42-3/h8-11,24-28,37-38H,2,5-7,12-19H2,1,3-4H3,(H2,36,39)/b29-20-/t25-,26+,27+,28-/m1/s1. The second-order valence-corrected chi connectivity index (χ2v) is 11.8. The molecule has 1 aromatic rings. The van der Waals surface area contributed by atoms with Crippen molar-refractivity contribution in [3.8, 4) is 0 Å². The third kappa shape index (κ3) is 9.44. The number of likely N-dealkylation sites (tertiary alicyclic amines) is 1. The fourth-order valence-electron chi connectivity index (χ4n) is 5.98. The Bertz CT molecular complexity index is 1210. The van der Waals surface area contributed by atoms with Gasteiger partial charge in [-0.3, -0.25) is 4.79 Å². The van der Waals surface area contributed by atoms with Crippen LogP contribution in [0.5, 0.6) is 0 Å². The number of hydrogen-bond donors (Lipinski definition) is 3. The zero-order valence-electron chi connectivity index (χ0n) is 26.3. The largest absolute Gasteiger partial charge is 0.469 e. The molecular formula is C32H46F3N5O5. The molecule has 0 radical (unpaired) electrons. The van der Waals surface area contributed by atoms with Gasteiger partial charge < -0.3 is 40.2 Å². The smallest absolute Gasteiger partial charge is 0.416 e. The highest BCUT2D eigenvalue weighted by Crippen LogP contribution is 2.34. The maximum absolute atomic E-state index is 13.7. The zero-order chi connectivity index (χ0) is 32.6. The van der Waals surface area contributed by atoms with Crippen LogP contribution in [0.15, 0.2) is 52.8 Å². The van der Waals surface area contributed by atoms with E-state index in [4.69, 9.17) is 24.7 Å². The van der Waals surface area contributed by atoms with Crippen molar-refractivity contribution in [2.45, 2.75) is 82.0 Å². The van der Waals surface area contributed by atoms with Crippen LogP contribution >= 0.6 is 0 Å². The summed E-state index contributed by atoms with van der Waals surface area (Å²) in [6, 6.07) is 5.47. The summed E-state index contributed by atoms with van der Waals surface area (Å²) in [5, 5.41) is 6.96. The fraction of sp³-hybridized carbons (Fsp3) is 0.625. The summed E-state index contributed by atoms with van der Waals surface area (Å²) in [5.41, 5.74) is 7.08. The monoisotopic (exact) mass is 637 g/mol. The average molecular weight is 638 g/mol. The van der Waals surface area contributed by atoms with Crippen molar-refractivity contribution in [1.29, 1.82) is 0 Å². The SMILES string of the molecule is C=C(NC[C@H]1CCC[C@@H](c2ccc(C(F)(F)F)cc2)O1)/C(C)=C(\N=C(N)OC)C(=O)N1CCC(N[C@H]2CCOC[C@H]2OC)CC1. The van der Waals surface area contributed by atoms with E-state index in [1.165, 1.54) is 19.2 Å². The van der Waals surface area contributed by atoms with Crippen LogP contribution in [0, 0.1) is 0 Å². The molecular weight excluding hydrogens is 591 g/mol. The minimum absolute atomic E-state index is 0.00942. The molecule has 4 rings (SSSR count). The summed E-state index contributed by atoms with van der Waals surface area (Å²) in [5.74, 6) is -0.258. The molecule has 0 spiro atoms. The number of rotatable bonds is 10. The Morgan fingerprint density at radius 3 is 2.49 bits per heavy atom. The molecule has 10 nitrogen and oxygen atoms in total. The second-order valence-electron chi connectivity index (χ2n) is 11.8. The number of nitrogens with zero attached hydrogens (tertiary/aromatic N) is 2. The molecule has 0 saturated carbocycles. The summed E-state index contributed by atoms with van der Waals surface area (Å²) in [7, 11) is 3.08. The van der Waals surface area contributed by atoms with Crippen molar-refractivity contribution in [3.63, 3.8) is 0 Å². The number of alkyl halides is 3. The first-order valence-electron chi connectivity index (χ1n) is 15.5. The van der Waals surface area contributed by atoms with Crippen molar-refractivity contribution in [1.82, 2.24) is 15.5 Å². The highest BCUT2D eigenvalue weighted by Gasteiger charge is 2.33. The van der Waals surface area contributed by atoms with Crippen molar-refractivity contribution in [3.05, 3.63) is 58.9 Å². The number of piperidine rings is 1. The van der Waals surface area contributed by atoms with Crippen LogP contribution < -0.4 is 16.4 Å². The predicted octanol–water partition coefficient (Wildman–Crippen LogP) is 4.04. The summed E-state index contributed by atoms with van der Waals surface area (Å²) < 4.78 is 61.3. The maximum Gasteiger partial charge on any atom is 0.416 e. The number of aliphatic imine (C=N–C) groups is 1. The third-order valence-corrected chi connectivity index (χ3v) is 8.78. The van der Waals surface area contributed by atoms with Gasteiger partial charge in [0.05, 0.1) is 37.6 Å². The van der Waals surface area contributed by atoms with Gasteiger partial charge in [-0.05, 0) is 63.1 Å². The normalized spacial score (nSPS) is 25.8. The highest BCUT2D eigenvalue weighted by molar-refractivity contribution is 5.96. The number of carbonyl (C=O) groups excluding carboxylic acids is 1. The first-order valence-corrected chi connectivity index (χ1v) is 15.5. The van der Waals surface area contributed by atoms with E-state index in [0.29, 0.717) is 49.7 Å². The fourth-order valence-corrected chi connectivity index (χ4v) is 5.98. The van der Waals surface area contributed by atoms with Gasteiger partial charge in [-0.15, -0.1) is 0 Å². The number of benzene rings is 1. The lowest BCUT2D eigenvalue weighted by atomic mass is 9.97. The molecule has 0 unspecified atom stereocenters. The van der Waals surface area contributed by atoms with Crippen LogP contribution in [0.4, 0.5) is 13.2 Å². The van der Waals surface area contributed by atoms with Gasteiger partial charge in [0.15, 0.2) is 0 Å². The summed E-state index contributed by atoms with van der Waals surface area (Å²) in [6.45, 7) is 8.68. The average Bonchev–Trinajstić information content (AvgIpc) is 3.05. The molecule has 3 aliphatic heterocycles. The number of amidine groups is 1. The molecule has 3 heterocycles. The van der Waals surface area contributed by atoms with Gasteiger partial charge >= 0.3 is 6.18 Å².